The number of hydrogen-bond donors (Lipinski definition) is 1. The van der Waals surface area contributed by atoms with E-state index in [0.29, 0.717) is 17.9 Å². The lowest BCUT2D eigenvalue weighted by Crippen LogP contribution is -2.51. The van der Waals surface area contributed by atoms with Crippen LogP contribution in [-0.2, 0) is 11.3 Å². The van der Waals surface area contributed by atoms with Gasteiger partial charge in [0.2, 0.25) is 5.91 Å². The Bertz CT molecular complexity index is 693. The first-order valence-corrected chi connectivity index (χ1v) is 6.55. The fourth-order valence-electron chi connectivity index (χ4n) is 2.42. The van der Waals surface area contributed by atoms with Crippen LogP contribution >= 0.6 is 0 Å². The van der Waals surface area contributed by atoms with E-state index in [1.54, 1.807) is 29.9 Å². The van der Waals surface area contributed by atoms with Gasteiger partial charge in [0.1, 0.15) is 17.6 Å². The Morgan fingerprint density at radius 3 is 2.71 bits per heavy atom. The summed E-state index contributed by atoms with van der Waals surface area (Å²) in [5, 5.41) is 2.70. The van der Waals surface area contributed by atoms with E-state index in [1.807, 2.05) is 0 Å². The molecular formula is C15H14FN3O2. The fourth-order valence-corrected chi connectivity index (χ4v) is 2.42. The van der Waals surface area contributed by atoms with Crippen LogP contribution in [0.15, 0.2) is 42.6 Å². The molecule has 6 heteroatoms. The van der Waals surface area contributed by atoms with Gasteiger partial charge in [0.15, 0.2) is 0 Å². The number of benzene rings is 1. The van der Waals surface area contributed by atoms with Gasteiger partial charge in [-0.3, -0.25) is 9.59 Å². The summed E-state index contributed by atoms with van der Waals surface area (Å²) in [6, 6.07) is 8.43. The molecule has 1 aromatic heterocycles. The Hall–Kier alpha value is -2.63. The predicted molar refractivity (Wildman–Crippen MR) is 75.3 cm³/mol. The van der Waals surface area contributed by atoms with Crippen LogP contribution in [0.3, 0.4) is 0 Å². The summed E-state index contributed by atoms with van der Waals surface area (Å²) in [5.41, 5.74) is 1.07. The minimum Gasteiger partial charge on any atom is -0.341 e. The van der Waals surface area contributed by atoms with Gasteiger partial charge in [-0.05, 0) is 36.4 Å². The molecule has 1 aromatic carbocycles. The molecule has 21 heavy (non-hydrogen) atoms. The molecule has 1 aliphatic rings. The third kappa shape index (κ3) is 2.40. The van der Waals surface area contributed by atoms with E-state index < -0.39 is 6.04 Å². The molecule has 1 atom stereocenters. The third-order valence-electron chi connectivity index (χ3n) is 3.62. The zero-order chi connectivity index (χ0) is 15.0. The third-order valence-corrected chi connectivity index (χ3v) is 3.62. The average molecular weight is 287 g/mol. The molecule has 0 aliphatic carbocycles. The van der Waals surface area contributed by atoms with Gasteiger partial charge in [-0.25, -0.2) is 4.39 Å². The van der Waals surface area contributed by atoms with Crippen molar-refractivity contribution in [2.75, 3.05) is 12.4 Å². The molecule has 3 rings (SSSR count). The number of likely N-dealkylation sites (N-methyl/N-ethyl adjacent to an activating group) is 1. The molecule has 1 aliphatic heterocycles. The molecule has 0 saturated heterocycles. The molecule has 0 bridgehead atoms. The molecule has 0 saturated carbocycles. The zero-order valence-electron chi connectivity index (χ0n) is 11.4. The highest BCUT2D eigenvalue weighted by Gasteiger charge is 2.33. The maximum Gasteiger partial charge on any atom is 0.270 e. The summed E-state index contributed by atoms with van der Waals surface area (Å²) in [6.45, 7) is 0.400. The first kappa shape index (κ1) is 13.4. The summed E-state index contributed by atoms with van der Waals surface area (Å²) in [4.78, 5) is 25.9. The van der Waals surface area contributed by atoms with Gasteiger partial charge in [-0.15, -0.1) is 0 Å². The van der Waals surface area contributed by atoms with E-state index in [2.05, 4.69) is 5.32 Å². The molecule has 0 fully saturated rings. The van der Waals surface area contributed by atoms with Crippen LogP contribution in [0.4, 0.5) is 10.1 Å². The van der Waals surface area contributed by atoms with Crippen molar-refractivity contribution in [2.45, 2.75) is 12.6 Å². The van der Waals surface area contributed by atoms with Crippen molar-refractivity contribution in [1.82, 2.24) is 9.47 Å². The van der Waals surface area contributed by atoms with Gasteiger partial charge in [-0.2, -0.15) is 0 Å². The quantitative estimate of drug-likeness (QED) is 0.914. The first-order chi connectivity index (χ1) is 10.1. The summed E-state index contributed by atoms with van der Waals surface area (Å²) >= 11 is 0. The Morgan fingerprint density at radius 2 is 2.00 bits per heavy atom. The lowest BCUT2D eigenvalue weighted by molar-refractivity contribution is -0.120. The minimum atomic E-state index is -0.595. The van der Waals surface area contributed by atoms with E-state index in [1.165, 1.54) is 29.2 Å². The number of anilines is 1. The normalized spacial score (nSPS) is 17.5. The van der Waals surface area contributed by atoms with Crippen molar-refractivity contribution in [3.8, 4) is 0 Å². The zero-order valence-corrected chi connectivity index (χ0v) is 11.4. The number of hydrogen-bond acceptors (Lipinski definition) is 2. The van der Waals surface area contributed by atoms with Crippen LogP contribution in [0.5, 0.6) is 0 Å². The van der Waals surface area contributed by atoms with Gasteiger partial charge >= 0.3 is 0 Å². The van der Waals surface area contributed by atoms with Crippen LogP contribution in [0.2, 0.25) is 0 Å². The molecule has 108 valence electrons. The lowest BCUT2D eigenvalue weighted by Gasteiger charge is -2.32. The standard InChI is InChI=1S/C15H14FN3O2/c1-18-13(9-19-8-2-3-12(19)15(18)21)14(20)17-11-6-4-10(16)5-7-11/h2-8,13H,9H2,1H3,(H,17,20). The van der Waals surface area contributed by atoms with Crippen molar-refractivity contribution >= 4 is 17.5 Å². The number of rotatable bonds is 2. The SMILES string of the molecule is CN1C(=O)c2cccn2CC1C(=O)Nc1ccc(F)cc1. The average Bonchev–Trinajstić information content (AvgIpc) is 2.94. The number of aromatic nitrogens is 1. The second-order valence-corrected chi connectivity index (χ2v) is 4.97. The molecule has 2 heterocycles. The Kier molecular flexibility index (Phi) is 3.21. The van der Waals surface area contributed by atoms with Gasteiger partial charge in [0, 0.05) is 18.9 Å². The highest BCUT2D eigenvalue weighted by Crippen LogP contribution is 2.18. The second-order valence-electron chi connectivity index (χ2n) is 4.97. The summed E-state index contributed by atoms with van der Waals surface area (Å²) in [5.74, 6) is -0.850. The largest absolute Gasteiger partial charge is 0.341 e. The topological polar surface area (TPSA) is 54.3 Å². The van der Waals surface area contributed by atoms with E-state index >= 15 is 0 Å². The van der Waals surface area contributed by atoms with Gasteiger partial charge < -0.3 is 14.8 Å². The molecule has 2 amide bonds. The van der Waals surface area contributed by atoms with Crippen molar-refractivity contribution in [3.63, 3.8) is 0 Å². The number of carbonyl (C=O) groups excluding carboxylic acids is 2. The minimum absolute atomic E-state index is 0.189. The maximum absolute atomic E-state index is 12.9. The Morgan fingerprint density at radius 1 is 1.29 bits per heavy atom. The molecule has 0 radical (unpaired) electrons. The molecule has 5 nitrogen and oxygen atoms in total. The smallest absolute Gasteiger partial charge is 0.270 e. The summed E-state index contributed by atoms with van der Waals surface area (Å²) in [6.07, 6.45) is 1.78. The lowest BCUT2D eigenvalue weighted by atomic mass is 10.1. The number of amides is 2. The fraction of sp³-hybridized carbons (Fsp3) is 0.200. The number of halogens is 1. The number of fused-ring (bicyclic) bond motifs is 1. The summed E-state index contributed by atoms with van der Waals surface area (Å²) in [7, 11) is 1.60. The van der Waals surface area contributed by atoms with E-state index in [9.17, 15) is 14.0 Å². The van der Waals surface area contributed by atoms with Gasteiger partial charge in [0.05, 0.1) is 6.54 Å². The van der Waals surface area contributed by atoms with Crippen LogP contribution in [-0.4, -0.2) is 34.4 Å². The van der Waals surface area contributed by atoms with E-state index in [4.69, 9.17) is 0 Å². The van der Waals surface area contributed by atoms with E-state index in [0.717, 1.165) is 0 Å². The molecule has 1 unspecified atom stereocenters. The monoisotopic (exact) mass is 287 g/mol. The second kappa shape index (κ2) is 5.05. The van der Waals surface area contributed by atoms with Crippen LogP contribution in [0, 0.1) is 5.82 Å². The Balaban J connectivity index is 1.79. The highest BCUT2D eigenvalue weighted by atomic mass is 19.1. The molecular weight excluding hydrogens is 273 g/mol. The van der Waals surface area contributed by atoms with Crippen molar-refractivity contribution < 1.29 is 14.0 Å². The van der Waals surface area contributed by atoms with Crippen molar-refractivity contribution in [3.05, 3.63) is 54.1 Å². The number of nitrogens with zero attached hydrogens (tertiary/aromatic N) is 2. The molecule has 2 aromatic rings. The summed E-state index contributed by atoms with van der Waals surface area (Å²) < 4.78 is 14.6. The molecule has 0 spiro atoms. The van der Waals surface area contributed by atoms with Crippen molar-refractivity contribution in [1.29, 1.82) is 0 Å². The van der Waals surface area contributed by atoms with Crippen LogP contribution in [0.25, 0.3) is 0 Å². The molecule has 1 N–H and O–H groups in total. The van der Waals surface area contributed by atoms with Crippen LogP contribution in [0.1, 0.15) is 10.5 Å². The van der Waals surface area contributed by atoms with E-state index in [-0.39, 0.29) is 17.6 Å². The van der Waals surface area contributed by atoms with Crippen molar-refractivity contribution in [2.24, 2.45) is 0 Å². The highest BCUT2D eigenvalue weighted by molar-refractivity contribution is 6.01. The maximum atomic E-state index is 12.9. The predicted octanol–water partition coefficient (Wildman–Crippen LogP) is 1.72. The van der Waals surface area contributed by atoms with Gasteiger partial charge in [0.25, 0.3) is 5.91 Å². The van der Waals surface area contributed by atoms with Gasteiger partial charge in [-0.1, -0.05) is 0 Å². The Labute approximate surface area is 121 Å². The number of nitrogens with one attached hydrogen (secondary N) is 1. The van der Waals surface area contributed by atoms with Crippen LogP contribution < -0.4 is 5.32 Å². The first-order valence-electron chi connectivity index (χ1n) is 6.55. The number of carbonyl (C=O) groups is 2.